The van der Waals surface area contributed by atoms with Crippen molar-refractivity contribution in [1.82, 2.24) is 4.98 Å². The van der Waals surface area contributed by atoms with E-state index in [1.165, 1.54) is 24.3 Å². The van der Waals surface area contributed by atoms with Crippen LogP contribution in [0, 0.1) is 0 Å². The van der Waals surface area contributed by atoms with Crippen LogP contribution in [-0.4, -0.2) is 47.3 Å². The third kappa shape index (κ3) is 1.97. The Morgan fingerprint density at radius 1 is 0.750 bits per heavy atom. The Bertz CT molecular complexity index is 1370. The highest BCUT2D eigenvalue weighted by Crippen LogP contribution is 2.50. The Morgan fingerprint density at radius 3 is 1.43 bits per heavy atom. The van der Waals surface area contributed by atoms with Crippen LogP contribution in [0.2, 0.25) is 0 Å². The number of H-pyrrole nitrogens is 1. The van der Waals surface area contributed by atoms with Gasteiger partial charge in [-0.2, -0.15) is 25.3 Å². The van der Waals surface area contributed by atoms with Gasteiger partial charge in [-0.1, -0.05) is 24.3 Å². The van der Waals surface area contributed by atoms with Crippen molar-refractivity contribution in [1.29, 1.82) is 0 Å². The average Bonchev–Trinajstić information content (AvgIpc) is 2.90. The summed E-state index contributed by atoms with van der Waals surface area (Å²) in [6, 6.07) is 7.50. The minimum atomic E-state index is -6.30. The van der Waals surface area contributed by atoms with Crippen LogP contribution in [-0.2, 0) is 35.9 Å². The second-order valence-electron chi connectivity index (χ2n) is 6.44. The van der Waals surface area contributed by atoms with Crippen LogP contribution < -0.4 is 5.73 Å². The zero-order valence-corrected chi connectivity index (χ0v) is 16.0. The van der Waals surface area contributed by atoms with Crippen LogP contribution in [0.4, 0.5) is 0 Å². The molecule has 150 valence electrons. The fourth-order valence-corrected chi connectivity index (χ4v) is 9.05. The maximum absolute atomic E-state index is 12.2. The van der Waals surface area contributed by atoms with Gasteiger partial charge in [0.05, 0.1) is 0 Å². The third-order valence-corrected chi connectivity index (χ3v) is 11.8. The molecule has 6 N–H and O–H groups in total. The number of aromatic amines is 1. The predicted molar refractivity (Wildman–Crippen MR) is 98.1 cm³/mol. The van der Waals surface area contributed by atoms with E-state index >= 15 is 0 Å². The number of hydrogen-bond donors (Lipinski definition) is 5. The Labute approximate surface area is 158 Å². The lowest BCUT2D eigenvalue weighted by Gasteiger charge is -2.41. The largest absolute Gasteiger partial charge is 0.370 e. The number of aromatic nitrogens is 1. The molecule has 0 radical (unpaired) electrons. The van der Waals surface area contributed by atoms with Crippen LogP contribution in [0.15, 0.2) is 36.4 Å². The molecule has 0 amide bonds. The maximum atomic E-state index is 12.2. The molecule has 0 saturated heterocycles. The van der Waals surface area contributed by atoms with Gasteiger partial charge in [-0.3, -0.25) is 13.7 Å². The van der Waals surface area contributed by atoms with Crippen molar-refractivity contribution in [2.75, 3.05) is 0 Å². The molecule has 4 rings (SSSR count). The van der Waals surface area contributed by atoms with Gasteiger partial charge in [0.25, 0.3) is 0 Å². The van der Waals surface area contributed by atoms with Crippen LogP contribution in [0.25, 0.3) is 21.8 Å². The molecule has 2 aromatic carbocycles. The summed E-state index contributed by atoms with van der Waals surface area (Å²) in [6.45, 7) is 0. The summed E-state index contributed by atoms with van der Waals surface area (Å²) >= 11 is 0. The second kappa shape index (κ2) is 5.10. The van der Waals surface area contributed by atoms with Crippen LogP contribution in [0.3, 0.4) is 0 Å². The van der Waals surface area contributed by atoms with Crippen molar-refractivity contribution in [2.45, 2.75) is 8.95 Å². The van der Waals surface area contributed by atoms with E-state index < -0.39 is 50.4 Å². The molecule has 1 aromatic heterocycles. The van der Waals surface area contributed by atoms with Crippen LogP contribution in [0.1, 0.15) is 11.1 Å². The monoisotopic (exact) mass is 448 g/mol. The van der Waals surface area contributed by atoms with E-state index in [0.29, 0.717) is 21.8 Å². The first-order valence-corrected chi connectivity index (χ1v) is 11.7. The third-order valence-electron chi connectivity index (χ3n) is 5.01. The predicted octanol–water partition coefficient (Wildman–Crippen LogP) is 0.154. The first-order chi connectivity index (χ1) is 12.7. The minimum absolute atomic E-state index is 0.356. The van der Waals surface area contributed by atoms with E-state index in [9.17, 15) is 38.9 Å². The van der Waals surface area contributed by atoms with Gasteiger partial charge < -0.3 is 10.7 Å². The Morgan fingerprint density at radius 2 is 1.11 bits per heavy atom. The number of nitrogens with one attached hydrogen (secondary N) is 1. The van der Waals surface area contributed by atoms with E-state index in [4.69, 9.17) is 5.73 Å². The molecule has 4 bridgehead atoms. The Hall–Kier alpha value is -2.07. The summed E-state index contributed by atoms with van der Waals surface area (Å²) in [5, 5.41) is 1.29. The maximum Gasteiger partial charge on any atom is 0.370 e. The molecular formula is C14H12N2O9S3. The van der Waals surface area contributed by atoms with Crippen LogP contribution in [0.5, 0.6) is 0 Å². The smallest absolute Gasteiger partial charge is 0.354 e. The molecule has 0 atom stereocenters. The normalized spacial score (nSPS) is 17.0. The molecule has 1 aliphatic heterocycles. The summed E-state index contributed by atoms with van der Waals surface area (Å²) in [7, 11) is -18.9. The lowest BCUT2D eigenvalue weighted by molar-refractivity contribution is 0.375. The minimum Gasteiger partial charge on any atom is -0.354 e. The van der Waals surface area contributed by atoms with E-state index in [0.717, 1.165) is 12.1 Å². The topological polar surface area (TPSA) is 205 Å². The zero-order chi connectivity index (χ0) is 20.9. The number of hydrogen-bond acceptors (Lipinski definition) is 7. The second-order valence-corrected chi connectivity index (χ2v) is 11.9. The average molecular weight is 448 g/mol. The SMILES string of the molecule is NC1(C(S(=O)(=O)O)(S(=O)(=O)O)S(=O)(=O)O)c2ccc3c(c2)[nH]c2cc1ccc23. The Balaban J connectivity index is 2.37. The van der Waals surface area contributed by atoms with Gasteiger partial charge in [-0.15, -0.1) is 0 Å². The summed E-state index contributed by atoms with van der Waals surface area (Å²) in [6.07, 6.45) is 0. The Kier molecular flexibility index (Phi) is 3.50. The molecule has 11 nitrogen and oxygen atoms in total. The van der Waals surface area contributed by atoms with Crippen molar-refractivity contribution in [2.24, 2.45) is 5.73 Å². The van der Waals surface area contributed by atoms with E-state index in [-0.39, 0.29) is 0 Å². The summed E-state index contributed by atoms with van der Waals surface area (Å²) < 4.78 is 98.0. The number of rotatable bonds is 4. The van der Waals surface area contributed by atoms with E-state index in [1.54, 1.807) is 0 Å². The zero-order valence-electron chi connectivity index (χ0n) is 13.6. The fourth-order valence-electron chi connectivity index (χ4n) is 3.93. The van der Waals surface area contributed by atoms with Crippen LogP contribution >= 0.6 is 0 Å². The van der Waals surface area contributed by atoms with Gasteiger partial charge in [0.1, 0.15) is 5.54 Å². The molecule has 0 unspecified atom stereocenters. The molecule has 14 heteroatoms. The lowest BCUT2D eigenvalue weighted by Crippen LogP contribution is -2.70. The summed E-state index contributed by atoms with van der Waals surface area (Å²) in [5.41, 5.74) is 2.89. The molecular weight excluding hydrogens is 436 g/mol. The summed E-state index contributed by atoms with van der Waals surface area (Å²) in [5.74, 6) is 0. The van der Waals surface area contributed by atoms with Crippen molar-refractivity contribution >= 4 is 52.2 Å². The highest BCUT2D eigenvalue weighted by Gasteiger charge is 2.77. The molecule has 0 fully saturated rings. The highest BCUT2D eigenvalue weighted by molar-refractivity contribution is 8.21. The molecule has 1 aliphatic rings. The van der Waals surface area contributed by atoms with E-state index in [2.05, 4.69) is 4.98 Å². The molecule has 3 aromatic rings. The molecule has 0 saturated carbocycles. The molecule has 2 heterocycles. The van der Waals surface area contributed by atoms with Crippen molar-refractivity contribution < 1.29 is 38.9 Å². The quantitative estimate of drug-likeness (QED) is 0.342. The summed E-state index contributed by atoms with van der Waals surface area (Å²) in [4.78, 5) is 2.97. The first kappa shape index (κ1) is 19.3. The van der Waals surface area contributed by atoms with Crippen molar-refractivity contribution in [3.8, 4) is 0 Å². The lowest BCUT2D eigenvalue weighted by atomic mass is 9.85. The van der Waals surface area contributed by atoms with E-state index in [1.807, 2.05) is 0 Å². The standard InChI is InChI=1S/C14H12N2O9S3/c15-13(14(26(17,18)19,27(20,21)22)28(23,24)25)7-1-3-9-10-4-2-8(13)6-12(10)16-11(9)5-7/h1-6,16H,15H2,(H,17,18,19)(H,20,21,22)(H,23,24,25). The fraction of sp³-hybridized carbons (Fsp3) is 0.143. The molecule has 28 heavy (non-hydrogen) atoms. The van der Waals surface area contributed by atoms with Gasteiger partial charge in [0, 0.05) is 21.8 Å². The highest BCUT2D eigenvalue weighted by atomic mass is 32.3. The molecule has 0 spiro atoms. The van der Waals surface area contributed by atoms with Gasteiger partial charge in [-0.05, 0) is 23.3 Å². The molecule has 0 aliphatic carbocycles. The first-order valence-electron chi connectivity index (χ1n) is 7.42. The van der Waals surface area contributed by atoms with Gasteiger partial charge >= 0.3 is 33.8 Å². The number of benzene rings is 2. The number of nitrogens with two attached hydrogens (primary N) is 1. The number of fused-ring (bicyclic) bond motifs is 3. The van der Waals surface area contributed by atoms with Crippen molar-refractivity contribution in [3.63, 3.8) is 0 Å². The van der Waals surface area contributed by atoms with Gasteiger partial charge in [0.15, 0.2) is 0 Å². The van der Waals surface area contributed by atoms with Gasteiger partial charge in [-0.25, -0.2) is 0 Å². The van der Waals surface area contributed by atoms with Gasteiger partial charge in [0.2, 0.25) is 0 Å². The van der Waals surface area contributed by atoms with Crippen molar-refractivity contribution in [3.05, 3.63) is 47.5 Å².